The quantitative estimate of drug-likeness (QED) is 0.589. The first-order chi connectivity index (χ1) is 9.56. The second-order valence-corrected chi connectivity index (χ2v) is 6.09. The maximum absolute atomic E-state index is 12.6. The van der Waals surface area contributed by atoms with Gasteiger partial charge in [0.2, 0.25) is 0 Å². The summed E-state index contributed by atoms with van der Waals surface area (Å²) in [5.74, 6) is 0.569. The van der Waals surface area contributed by atoms with Crippen molar-refractivity contribution in [2.24, 2.45) is 0 Å². The lowest BCUT2D eigenvalue weighted by Gasteiger charge is -2.10. The van der Waals surface area contributed by atoms with Gasteiger partial charge in [0.25, 0.3) is 0 Å². The smallest absolute Gasteiger partial charge is 0.196 e. The molecule has 2 nitrogen and oxygen atoms in total. The van der Waals surface area contributed by atoms with E-state index in [0.717, 1.165) is 14.9 Å². The molecule has 0 heterocycles. The van der Waals surface area contributed by atoms with Crippen LogP contribution < -0.4 is 4.74 Å². The van der Waals surface area contributed by atoms with Gasteiger partial charge in [0.1, 0.15) is 5.75 Å². The fraction of sp³-hybridized carbons (Fsp3) is 0.188. The van der Waals surface area contributed by atoms with Crippen molar-refractivity contribution in [3.8, 4) is 5.75 Å². The second-order valence-electron chi connectivity index (χ2n) is 4.36. The molecule has 2 aromatic carbocycles. The number of methoxy groups -OCH3 is 1. The molecule has 0 saturated heterocycles. The third kappa shape index (κ3) is 3.07. The molecule has 0 amide bonds. The first-order valence-electron chi connectivity index (χ1n) is 6.09. The fourth-order valence-electron chi connectivity index (χ4n) is 1.90. The molecule has 0 spiro atoms. The van der Waals surface area contributed by atoms with E-state index < -0.39 is 0 Å². The highest BCUT2D eigenvalue weighted by Gasteiger charge is 2.16. The normalized spacial score (nSPS) is 10.4. The number of aryl methyl sites for hydroxylation is 1. The number of ketones is 1. The molecule has 0 aliphatic carbocycles. The molecule has 0 fully saturated rings. The number of halogens is 1. The average molecular weight is 351 g/mol. The van der Waals surface area contributed by atoms with Crippen molar-refractivity contribution in [2.45, 2.75) is 11.8 Å². The van der Waals surface area contributed by atoms with Crippen molar-refractivity contribution < 1.29 is 9.53 Å². The summed E-state index contributed by atoms with van der Waals surface area (Å²) >= 11 is 5.12. The Morgan fingerprint density at radius 2 is 1.85 bits per heavy atom. The zero-order chi connectivity index (χ0) is 14.7. The van der Waals surface area contributed by atoms with Crippen molar-refractivity contribution in [3.05, 3.63) is 57.6 Å². The van der Waals surface area contributed by atoms with Crippen LogP contribution in [0.15, 0.2) is 45.8 Å². The number of ether oxygens (including phenoxy) is 1. The van der Waals surface area contributed by atoms with E-state index in [0.29, 0.717) is 16.9 Å². The van der Waals surface area contributed by atoms with Crippen LogP contribution in [0.25, 0.3) is 0 Å². The SMILES string of the molecule is COc1cc(C)c(Br)cc1C(=O)c1ccc(SC)cc1. The molecule has 0 bridgehead atoms. The van der Waals surface area contributed by atoms with Gasteiger partial charge in [0.15, 0.2) is 5.78 Å². The molecule has 0 radical (unpaired) electrons. The van der Waals surface area contributed by atoms with Gasteiger partial charge in [-0.25, -0.2) is 0 Å². The number of benzene rings is 2. The lowest BCUT2D eigenvalue weighted by Crippen LogP contribution is -2.04. The van der Waals surface area contributed by atoms with E-state index in [-0.39, 0.29) is 5.78 Å². The Morgan fingerprint density at radius 3 is 2.40 bits per heavy atom. The maximum atomic E-state index is 12.6. The van der Waals surface area contributed by atoms with Gasteiger partial charge in [0, 0.05) is 14.9 Å². The van der Waals surface area contributed by atoms with Gasteiger partial charge < -0.3 is 4.74 Å². The van der Waals surface area contributed by atoms with Crippen LogP contribution in [-0.4, -0.2) is 19.1 Å². The van der Waals surface area contributed by atoms with E-state index in [2.05, 4.69) is 15.9 Å². The highest BCUT2D eigenvalue weighted by atomic mass is 79.9. The molecule has 0 saturated carbocycles. The molecule has 2 aromatic rings. The van der Waals surface area contributed by atoms with Crippen LogP contribution in [0.4, 0.5) is 0 Å². The summed E-state index contributed by atoms with van der Waals surface area (Å²) in [6.45, 7) is 1.97. The number of thioether (sulfide) groups is 1. The predicted octanol–water partition coefficient (Wildman–Crippen LogP) is 4.72. The molecule has 0 unspecified atom stereocenters. The number of hydrogen-bond acceptors (Lipinski definition) is 3. The molecule has 0 N–H and O–H groups in total. The largest absolute Gasteiger partial charge is 0.496 e. The minimum atomic E-state index is -0.0322. The molecule has 0 aromatic heterocycles. The summed E-state index contributed by atoms with van der Waals surface area (Å²) in [5.41, 5.74) is 2.27. The maximum Gasteiger partial charge on any atom is 0.196 e. The molecule has 0 atom stereocenters. The molecule has 20 heavy (non-hydrogen) atoms. The summed E-state index contributed by atoms with van der Waals surface area (Å²) in [5, 5.41) is 0. The van der Waals surface area contributed by atoms with Gasteiger partial charge in [-0.3, -0.25) is 4.79 Å². The van der Waals surface area contributed by atoms with Crippen molar-refractivity contribution in [1.29, 1.82) is 0 Å². The summed E-state index contributed by atoms with van der Waals surface area (Å²) < 4.78 is 6.23. The Morgan fingerprint density at radius 1 is 1.20 bits per heavy atom. The van der Waals surface area contributed by atoms with Gasteiger partial charge >= 0.3 is 0 Å². The molecular formula is C16H15BrO2S. The molecule has 4 heteroatoms. The van der Waals surface area contributed by atoms with E-state index >= 15 is 0 Å². The number of rotatable bonds is 4. The monoisotopic (exact) mass is 350 g/mol. The van der Waals surface area contributed by atoms with E-state index in [9.17, 15) is 4.79 Å². The Hall–Kier alpha value is -1.26. The van der Waals surface area contributed by atoms with Gasteiger partial charge in [0.05, 0.1) is 12.7 Å². The molecular weight excluding hydrogens is 336 g/mol. The Balaban J connectivity index is 2.44. The van der Waals surface area contributed by atoms with Gasteiger partial charge in [-0.15, -0.1) is 11.8 Å². The summed E-state index contributed by atoms with van der Waals surface area (Å²) in [6.07, 6.45) is 2.01. The standard InChI is InChI=1S/C16H15BrO2S/c1-10-8-15(19-2)13(9-14(10)17)16(18)11-4-6-12(20-3)7-5-11/h4-9H,1-3H3. The number of carbonyl (C=O) groups excluding carboxylic acids is 1. The van der Waals surface area contributed by atoms with Gasteiger partial charge in [-0.2, -0.15) is 0 Å². The third-order valence-electron chi connectivity index (χ3n) is 3.08. The topological polar surface area (TPSA) is 26.3 Å². The van der Waals surface area contributed by atoms with Crippen molar-refractivity contribution in [3.63, 3.8) is 0 Å². The Labute approximate surface area is 131 Å². The Kier molecular flexibility index (Phi) is 4.89. The highest BCUT2D eigenvalue weighted by molar-refractivity contribution is 9.10. The van der Waals surface area contributed by atoms with Crippen LogP contribution in [-0.2, 0) is 0 Å². The average Bonchev–Trinajstić information content (AvgIpc) is 2.49. The van der Waals surface area contributed by atoms with Gasteiger partial charge in [-0.1, -0.05) is 15.9 Å². The third-order valence-corrected chi connectivity index (χ3v) is 4.68. The zero-order valence-corrected chi connectivity index (χ0v) is 14.0. The molecule has 2 rings (SSSR count). The van der Waals surface area contributed by atoms with Crippen molar-refractivity contribution in [2.75, 3.05) is 13.4 Å². The highest BCUT2D eigenvalue weighted by Crippen LogP contribution is 2.29. The van der Waals surface area contributed by atoms with Crippen molar-refractivity contribution in [1.82, 2.24) is 0 Å². The Bertz CT molecular complexity index is 636. The van der Waals surface area contributed by atoms with Crippen LogP contribution in [0.2, 0.25) is 0 Å². The van der Waals surface area contributed by atoms with Gasteiger partial charge in [-0.05, 0) is 55.1 Å². The summed E-state index contributed by atoms with van der Waals surface area (Å²) in [4.78, 5) is 13.7. The summed E-state index contributed by atoms with van der Waals surface area (Å²) in [6, 6.07) is 11.3. The fourth-order valence-corrected chi connectivity index (χ4v) is 2.65. The summed E-state index contributed by atoms with van der Waals surface area (Å²) in [7, 11) is 1.58. The minimum Gasteiger partial charge on any atom is -0.496 e. The van der Waals surface area contributed by atoms with Crippen LogP contribution >= 0.6 is 27.7 Å². The van der Waals surface area contributed by atoms with Crippen LogP contribution in [0, 0.1) is 6.92 Å². The van der Waals surface area contributed by atoms with Crippen LogP contribution in [0.3, 0.4) is 0 Å². The van der Waals surface area contributed by atoms with E-state index in [4.69, 9.17) is 4.74 Å². The van der Waals surface area contributed by atoms with Crippen molar-refractivity contribution >= 4 is 33.5 Å². The number of carbonyl (C=O) groups is 1. The predicted molar refractivity (Wildman–Crippen MR) is 87.1 cm³/mol. The first kappa shape index (κ1) is 15.1. The van der Waals surface area contributed by atoms with E-state index in [1.165, 1.54) is 0 Å². The molecule has 0 aliphatic rings. The van der Waals surface area contributed by atoms with E-state index in [1.807, 2.05) is 49.6 Å². The molecule has 104 valence electrons. The lowest BCUT2D eigenvalue weighted by atomic mass is 10.0. The molecule has 0 aliphatic heterocycles. The lowest BCUT2D eigenvalue weighted by molar-refractivity contribution is 0.103. The number of hydrogen-bond donors (Lipinski definition) is 0. The minimum absolute atomic E-state index is 0.0322. The second kappa shape index (κ2) is 6.46. The zero-order valence-electron chi connectivity index (χ0n) is 11.6. The van der Waals surface area contributed by atoms with Crippen LogP contribution in [0.5, 0.6) is 5.75 Å². The van der Waals surface area contributed by atoms with Crippen LogP contribution in [0.1, 0.15) is 21.5 Å². The van der Waals surface area contributed by atoms with E-state index in [1.54, 1.807) is 18.9 Å². The first-order valence-corrected chi connectivity index (χ1v) is 8.11.